The summed E-state index contributed by atoms with van der Waals surface area (Å²) in [6.45, 7) is 3.17. The van der Waals surface area contributed by atoms with Crippen LogP contribution in [-0.2, 0) is 16.0 Å². The first-order chi connectivity index (χ1) is 8.81. The van der Waals surface area contributed by atoms with Crippen LogP contribution < -0.4 is 0 Å². The Hall–Kier alpha value is -1.43. The fourth-order valence-corrected chi connectivity index (χ4v) is 2.06. The molecule has 1 N–H and O–H groups in total. The second-order valence-electron chi connectivity index (χ2n) is 4.43. The van der Waals surface area contributed by atoms with E-state index in [1.54, 1.807) is 13.8 Å². The zero-order valence-corrected chi connectivity index (χ0v) is 12.3. The Bertz CT molecular complexity index is 491. The van der Waals surface area contributed by atoms with Gasteiger partial charge >= 0.3 is 5.97 Å². The van der Waals surface area contributed by atoms with Crippen LogP contribution in [0.25, 0.3) is 0 Å². The molecule has 0 spiro atoms. The first kappa shape index (κ1) is 15.6. The number of rotatable bonds is 5. The highest BCUT2D eigenvalue weighted by Gasteiger charge is 2.20. The van der Waals surface area contributed by atoms with Gasteiger partial charge in [0.1, 0.15) is 12.4 Å². The Balaban J connectivity index is 2.81. The number of nitrogens with zero attached hydrogens (tertiary/aromatic N) is 1. The molecule has 0 aliphatic carbocycles. The van der Waals surface area contributed by atoms with Crippen LogP contribution in [0, 0.1) is 5.82 Å². The van der Waals surface area contributed by atoms with E-state index in [9.17, 15) is 14.0 Å². The largest absolute Gasteiger partial charge is 0.480 e. The Morgan fingerprint density at radius 2 is 2.05 bits per heavy atom. The van der Waals surface area contributed by atoms with Crippen LogP contribution in [-0.4, -0.2) is 34.5 Å². The van der Waals surface area contributed by atoms with Crippen LogP contribution in [0.3, 0.4) is 0 Å². The molecule has 1 rings (SSSR count). The van der Waals surface area contributed by atoms with Crippen molar-refractivity contribution >= 4 is 27.8 Å². The van der Waals surface area contributed by atoms with Gasteiger partial charge in [-0.25, -0.2) is 4.39 Å². The first-order valence-electron chi connectivity index (χ1n) is 5.76. The number of carbonyl (C=O) groups excluding carboxylic acids is 1. The number of carboxylic acids is 1. The highest BCUT2D eigenvalue weighted by molar-refractivity contribution is 9.10. The Morgan fingerprint density at radius 1 is 1.42 bits per heavy atom. The van der Waals surface area contributed by atoms with Crippen molar-refractivity contribution in [3.05, 3.63) is 34.1 Å². The maximum absolute atomic E-state index is 13.1. The summed E-state index contributed by atoms with van der Waals surface area (Å²) in [6.07, 6.45) is 0.0460. The number of amides is 1. The number of halogens is 2. The summed E-state index contributed by atoms with van der Waals surface area (Å²) >= 11 is 3.05. The van der Waals surface area contributed by atoms with E-state index < -0.39 is 11.8 Å². The Morgan fingerprint density at radius 3 is 2.53 bits per heavy atom. The quantitative estimate of drug-likeness (QED) is 0.901. The summed E-state index contributed by atoms with van der Waals surface area (Å²) in [6, 6.07) is 4.10. The van der Waals surface area contributed by atoms with Gasteiger partial charge in [0.2, 0.25) is 5.91 Å². The zero-order chi connectivity index (χ0) is 14.6. The minimum atomic E-state index is -1.05. The molecule has 104 valence electrons. The van der Waals surface area contributed by atoms with Crippen LogP contribution in [0.4, 0.5) is 4.39 Å². The third-order valence-electron chi connectivity index (χ3n) is 2.59. The van der Waals surface area contributed by atoms with Gasteiger partial charge in [-0.1, -0.05) is 6.07 Å². The van der Waals surface area contributed by atoms with Crippen molar-refractivity contribution in [2.75, 3.05) is 6.54 Å². The first-order valence-corrected chi connectivity index (χ1v) is 6.55. The smallest absolute Gasteiger partial charge is 0.323 e. The topological polar surface area (TPSA) is 57.6 Å². The molecule has 19 heavy (non-hydrogen) atoms. The second kappa shape index (κ2) is 6.65. The molecule has 1 aromatic rings. The lowest BCUT2D eigenvalue weighted by Crippen LogP contribution is -2.41. The lowest BCUT2D eigenvalue weighted by atomic mass is 10.1. The lowest BCUT2D eigenvalue weighted by molar-refractivity contribution is -0.145. The highest BCUT2D eigenvalue weighted by Crippen LogP contribution is 2.17. The normalized spacial score (nSPS) is 10.6. The van der Waals surface area contributed by atoms with Crippen molar-refractivity contribution in [3.8, 4) is 0 Å². The summed E-state index contributed by atoms with van der Waals surface area (Å²) in [5, 5.41) is 8.78. The molecule has 6 heteroatoms. The molecular weight excluding hydrogens is 317 g/mol. The third-order valence-corrected chi connectivity index (χ3v) is 3.20. The number of carboxylic acid groups (broad SMARTS) is 1. The minimum absolute atomic E-state index is 0.0460. The van der Waals surface area contributed by atoms with Gasteiger partial charge in [0.15, 0.2) is 0 Å². The summed E-state index contributed by atoms with van der Waals surface area (Å²) < 4.78 is 13.4. The fourth-order valence-electron chi connectivity index (χ4n) is 1.63. The highest BCUT2D eigenvalue weighted by atomic mass is 79.9. The van der Waals surface area contributed by atoms with Crippen LogP contribution in [0.5, 0.6) is 0 Å². The van der Waals surface area contributed by atoms with E-state index in [0.29, 0.717) is 5.56 Å². The third kappa shape index (κ3) is 4.63. The molecular formula is C13H15BrFNO3. The molecule has 4 nitrogen and oxygen atoms in total. The van der Waals surface area contributed by atoms with Gasteiger partial charge in [-0.3, -0.25) is 9.59 Å². The van der Waals surface area contributed by atoms with Gasteiger partial charge in [-0.2, -0.15) is 0 Å². The van der Waals surface area contributed by atoms with Crippen molar-refractivity contribution in [2.45, 2.75) is 26.3 Å². The van der Waals surface area contributed by atoms with E-state index in [2.05, 4.69) is 15.9 Å². The van der Waals surface area contributed by atoms with E-state index in [-0.39, 0.29) is 29.4 Å². The maximum atomic E-state index is 13.1. The van der Waals surface area contributed by atoms with Crippen molar-refractivity contribution in [1.82, 2.24) is 4.90 Å². The molecule has 0 saturated heterocycles. The summed E-state index contributed by atoms with van der Waals surface area (Å²) in [4.78, 5) is 24.0. The number of aliphatic carboxylic acids is 1. The Kier molecular flexibility index (Phi) is 5.47. The molecule has 0 unspecified atom stereocenters. The van der Waals surface area contributed by atoms with E-state index >= 15 is 0 Å². The summed E-state index contributed by atoms with van der Waals surface area (Å²) in [5.74, 6) is -1.75. The van der Waals surface area contributed by atoms with E-state index in [0.717, 1.165) is 0 Å². The molecule has 0 saturated carbocycles. The molecule has 0 aromatic heterocycles. The molecule has 0 bridgehead atoms. The average molecular weight is 332 g/mol. The molecule has 0 fully saturated rings. The van der Waals surface area contributed by atoms with Crippen LogP contribution in [0.1, 0.15) is 19.4 Å². The van der Waals surface area contributed by atoms with Gasteiger partial charge in [0, 0.05) is 6.04 Å². The molecule has 0 heterocycles. The molecule has 1 aromatic carbocycles. The van der Waals surface area contributed by atoms with Gasteiger partial charge in [0.25, 0.3) is 0 Å². The number of hydrogen-bond acceptors (Lipinski definition) is 2. The fraction of sp³-hybridized carbons (Fsp3) is 0.385. The summed E-state index contributed by atoms with van der Waals surface area (Å²) in [7, 11) is 0. The summed E-state index contributed by atoms with van der Waals surface area (Å²) in [5.41, 5.74) is 0.634. The monoisotopic (exact) mass is 331 g/mol. The van der Waals surface area contributed by atoms with Crippen molar-refractivity contribution < 1.29 is 19.1 Å². The number of benzene rings is 1. The van der Waals surface area contributed by atoms with E-state index in [4.69, 9.17) is 5.11 Å². The van der Waals surface area contributed by atoms with Gasteiger partial charge in [0.05, 0.1) is 10.9 Å². The zero-order valence-electron chi connectivity index (χ0n) is 10.7. The minimum Gasteiger partial charge on any atom is -0.480 e. The van der Waals surface area contributed by atoms with Gasteiger partial charge < -0.3 is 10.0 Å². The molecule has 0 aliphatic rings. The maximum Gasteiger partial charge on any atom is 0.323 e. The molecule has 0 atom stereocenters. The van der Waals surface area contributed by atoms with Crippen molar-refractivity contribution in [2.24, 2.45) is 0 Å². The van der Waals surface area contributed by atoms with Crippen LogP contribution in [0.2, 0.25) is 0 Å². The average Bonchev–Trinajstić information content (AvgIpc) is 2.30. The Labute approximate surface area is 119 Å². The van der Waals surface area contributed by atoms with Crippen LogP contribution >= 0.6 is 15.9 Å². The van der Waals surface area contributed by atoms with E-state index in [1.807, 2.05) is 0 Å². The predicted octanol–water partition coefficient (Wildman–Crippen LogP) is 2.45. The molecule has 1 amide bonds. The van der Waals surface area contributed by atoms with Gasteiger partial charge in [-0.15, -0.1) is 0 Å². The standard InChI is InChI=1S/C13H15BrFNO3/c1-8(2)16(7-13(18)19)12(17)6-9-3-4-11(15)10(14)5-9/h3-5,8H,6-7H2,1-2H3,(H,18,19). The number of hydrogen-bond donors (Lipinski definition) is 1. The van der Waals surface area contributed by atoms with E-state index in [1.165, 1.54) is 23.1 Å². The van der Waals surface area contributed by atoms with Crippen molar-refractivity contribution in [1.29, 1.82) is 0 Å². The lowest BCUT2D eigenvalue weighted by Gasteiger charge is -2.25. The van der Waals surface area contributed by atoms with Crippen molar-refractivity contribution in [3.63, 3.8) is 0 Å². The number of carbonyl (C=O) groups is 2. The SMILES string of the molecule is CC(C)N(CC(=O)O)C(=O)Cc1ccc(F)c(Br)c1. The van der Waals surface area contributed by atoms with Crippen LogP contribution in [0.15, 0.2) is 22.7 Å². The van der Waals surface area contributed by atoms with Gasteiger partial charge in [-0.05, 0) is 47.5 Å². The second-order valence-corrected chi connectivity index (χ2v) is 5.29. The molecule has 0 radical (unpaired) electrons. The molecule has 0 aliphatic heterocycles. The predicted molar refractivity (Wildman–Crippen MR) is 72.3 cm³/mol.